The van der Waals surface area contributed by atoms with E-state index >= 15 is 0 Å². The van der Waals surface area contributed by atoms with Gasteiger partial charge in [-0.15, -0.1) is 0 Å². The Morgan fingerprint density at radius 1 is 0.913 bits per heavy atom. The molecule has 0 radical (unpaired) electrons. The Labute approximate surface area is 136 Å². The zero-order chi connectivity index (χ0) is 16.7. The van der Waals surface area contributed by atoms with E-state index in [4.69, 9.17) is 14.2 Å². The average Bonchev–Trinajstić information content (AvgIpc) is 2.60. The molecule has 1 N–H and O–H groups in total. The summed E-state index contributed by atoms with van der Waals surface area (Å²) in [5.41, 5.74) is 2.62. The molecule has 2 aromatic carbocycles. The second-order valence-electron chi connectivity index (χ2n) is 5.03. The Kier molecular flexibility index (Phi) is 6.00. The second kappa shape index (κ2) is 8.19. The predicted octanol–water partition coefficient (Wildman–Crippen LogP) is 2.78. The Hall–Kier alpha value is -2.53. The molecule has 122 valence electrons. The van der Waals surface area contributed by atoms with Crippen molar-refractivity contribution < 1.29 is 19.0 Å². The van der Waals surface area contributed by atoms with E-state index in [0.717, 1.165) is 11.1 Å². The molecule has 0 heterocycles. The minimum Gasteiger partial charge on any atom is -0.497 e. The molecule has 2 rings (SSSR count). The van der Waals surface area contributed by atoms with Gasteiger partial charge in [0, 0.05) is 25.3 Å². The highest BCUT2D eigenvalue weighted by atomic mass is 16.5. The van der Waals surface area contributed by atoms with Crippen molar-refractivity contribution in [2.24, 2.45) is 0 Å². The maximum Gasteiger partial charge on any atom is 0.251 e. The lowest BCUT2D eigenvalue weighted by Crippen LogP contribution is -2.22. The molecule has 0 saturated heterocycles. The highest BCUT2D eigenvalue weighted by Crippen LogP contribution is 2.22. The SMILES string of the molecule is COCc1ccc(CNC(=O)c2cc(OC)cc(OC)c2)cc1. The summed E-state index contributed by atoms with van der Waals surface area (Å²) in [6.45, 7) is 1.03. The van der Waals surface area contributed by atoms with Crippen LogP contribution in [0.4, 0.5) is 0 Å². The molecular weight excluding hydrogens is 294 g/mol. The van der Waals surface area contributed by atoms with Gasteiger partial charge in [0.1, 0.15) is 11.5 Å². The third-order valence-electron chi connectivity index (χ3n) is 3.40. The van der Waals surface area contributed by atoms with Crippen LogP contribution >= 0.6 is 0 Å². The number of hydrogen-bond acceptors (Lipinski definition) is 4. The van der Waals surface area contributed by atoms with Crippen LogP contribution in [0.25, 0.3) is 0 Å². The van der Waals surface area contributed by atoms with Crippen LogP contribution in [0, 0.1) is 0 Å². The smallest absolute Gasteiger partial charge is 0.251 e. The van der Waals surface area contributed by atoms with Gasteiger partial charge in [-0.2, -0.15) is 0 Å². The second-order valence-corrected chi connectivity index (χ2v) is 5.03. The van der Waals surface area contributed by atoms with Gasteiger partial charge in [0.2, 0.25) is 0 Å². The summed E-state index contributed by atoms with van der Waals surface area (Å²) in [4.78, 5) is 12.3. The maximum atomic E-state index is 12.3. The zero-order valence-electron chi connectivity index (χ0n) is 13.6. The van der Waals surface area contributed by atoms with E-state index in [1.54, 1.807) is 39.5 Å². The van der Waals surface area contributed by atoms with Crippen molar-refractivity contribution in [3.63, 3.8) is 0 Å². The van der Waals surface area contributed by atoms with Gasteiger partial charge in [-0.25, -0.2) is 0 Å². The zero-order valence-corrected chi connectivity index (χ0v) is 13.6. The van der Waals surface area contributed by atoms with Gasteiger partial charge in [0.15, 0.2) is 0 Å². The first kappa shape index (κ1) is 16.8. The molecule has 5 heteroatoms. The van der Waals surface area contributed by atoms with Gasteiger partial charge in [-0.1, -0.05) is 24.3 Å². The van der Waals surface area contributed by atoms with Crippen LogP contribution in [0.2, 0.25) is 0 Å². The molecule has 0 bridgehead atoms. The maximum absolute atomic E-state index is 12.3. The quantitative estimate of drug-likeness (QED) is 0.853. The topological polar surface area (TPSA) is 56.8 Å². The number of carbonyl (C=O) groups excluding carboxylic acids is 1. The van der Waals surface area contributed by atoms with Crippen LogP contribution in [0.15, 0.2) is 42.5 Å². The fourth-order valence-electron chi connectivity index (χ4n) is 2.14. The van der Waals surface area contributed by atoms with Crippen molar-refractivity contribution in [1.29, 1.82) is 0 Å². The number of rotatable bonds is 7. The molecule has 0 fully saturated rings. The largest absolute Gasteiger partial charge is 0.497 e. The summed E-state index contributed by atoms with van der Waals surface area (Å²) in [6, 6.07) is 13.0. The average molecular weight is 315 g/mol. The van der Waals surface area contributed by atoms with Crippen LogP contribution < -0.4 is 14.8 Å². The lowest BCUT2D eigenvalue weighted by atomic mass is 10.1. The van der Waals surface area contributed by atoms with Gasteiger partial charge in [0.05, 0.1) is 20.8 Å². The highest BCUT2D eigenvalue weighted by molar-refractivity contribution is 5.95. The molecule has 0 aliphatic heterocycles. The monoisotopic (exact) mass is 315 g/mol. The molecule has 0 atom stereocenters. The van der Waals surface area contributed by atoms with E-state index in [9.17, 15) is 4.79 Å². The Morgan fingerprint density at radius 2 is 1.48 bits per heavy atom. The number of benzene rings is 2. The third kappa shape index (κ3) is 4.72. The summed E-state index contributed by atoms with van der Waals surface area (Å²) in [6.07, 6.45) is 0. The number of hydrogen-bond donors (Lipinski definition) is 1. The molecule has 1 amide bonds. The Morgan fingerprint density at radius 3 is 2.00 bits per heavy atom. The summed E-state index contributed by atoms with van der Waals surface area (Å²) < 4.78 is 15.4. The third-order valence-corrected chi connectivity index (χ3v) is 3.40. The fraction of sp³-hybridized carbons (Fsp3) is 0.278. The van der Waals surface area contributed by atoms with Crippen LogP contribution in [0.5, 0.6) is 11.5 Å². The molecule has 2 aromatic rings. The summed E-state index contributed by atoms with van der Waals surface area (Å²) in [5.74, 6) is 0.986. The Balaban J connectivity index is 2.01. The minimum absolute atomic E-state index is 0.178. The summed E-state index contributed by atoms with van der Waals surface area (Å²) in [5, 5.41) is 2.89. The van der Waals surface area contributed by atoms with E-state index in [2.05, 4.69) is 5.32 Å². The van der Waals surface area contributed by atoms with Crippen LogP contribution in [0.3, 0.4) is 0 Å². The van der Waals surface area contributed by atoms with E-state index in [1.807, 2.05) is 24.3 Å². The summed E-state index contributed by atoms with van der Waals surface area (Å²) in [7, 11) is 4.77. The standard InChI is InChI=1S/C18H21NO4/c1-21-12-14-6-4-13(5-7-14)11-19-18(20)15-8-16(22-2)10-17(9-15)23-3/h4-10H,11-12H2,1-3H3,(H,19,20). The van der Waals surface area contributed by atoms with Crippen molar-refractivity contribution in [3.05, 3.63) is 59.2 Å². The van der Waals surface area contributed by atoms with Gasteiger partial charge in [-0.3, -0.25) is 4.79 Å². The first-order valence-electron chi connectivity index (χ1n) is 7.24. The van der Waals surface area contributed by atoms with Gasteiger partial charge < -0.3 is 19.5 Å². The lowest BCUT2D eigenvalue weighted by molar-refractivity contribution is 0.0950. The van der Waals surface area contributed by atoms with Crippen molar-refractivity contribution in [1.82, 2.24) is 5.32 Å². The molecule has 0 spiro atoms. The molecule has 0 aliphatic carbocycles. The predicted molar refractivity (Wildman–Crippen MR) is 87.9 cm³/mol. The van der Waals surface area contributed by atoms with E-state index < -0.39 is 0 Å². The van der Waals surface area contributed by atoms with Gasteiger partial charge in [-0.05, 0) is 23.3 Å². The van der Waals surface area contributed by atoms with E-state index in [1.165, 1.54) is 0 Å². The number of nitrogens with one attached hydrogen (secondary N) is 1. The van der Waals surface area contributed by atoms with E-state index in [-0.39, 0.29) is 5.91 Å². The summed E-state index contributed by atoms with van der Waals surface area (Å²) >= 11 is 0. The van der Waals surface area contributed by atoms with Crippen LogP contribution in [0.1, 0.15) is 21.5 Å². The molecule has 0 saturated carbocycles. The number of carbonyl (C=O) groups is 1. The lowest BCUT2D eigenvalue weighted by Gasteiger charge is -2.09. The molecule has 23 heavy (non-hydrogen) atoms. The normalized spacial score (nSPS) is 10.2. The number of ether oxygens (including phenoxy) is 3. The Bertz CT molecular complexity index is 630. The number of methoxy groups -OCH3 is 3. The molecule has 0 unspecified atom stereocenters. The molecule has 5 nitrogen and oxygen atoms in total. The first-order chi connectivity index (χ1) is 11.2. The van der Waals surface area contributed by atoms with Crippen LogP contribution in [-0.4, -0.2) is 27.2 Å². The van der Waals surface area contributed by atoms with Crippen molar-refractivity contribution in [3.8, 4) is 11.5 Å². The first-order valence-corrected chi connectivity index (χ1v) is 7.24. The van der Waals surface area contributed by atoms with Gasteiger partial charge >= 0.3 is 0 Å². The van der Waals surface area contributed by atoms with Crippen molar-refractivity contribution >= 4 is 5.91 Å². The molecule has 0 aliphatic rings. The molecular formula is C18H21NO4. The van der Waals surface area contributed by atoms with Gasteiger partial charge in [0.25, 0.3) is 5.91 Å². The molecule has 0 aromatic heterocycles. The van der Waals surface area contributed by atoms with Crippen molar-refractivity contribution in [2.75, 3.05) is 21.3 Å². The van der Waals surface area contributed by atoms with Crippen molar-refractivity contribution in [2.45, 2.75) is 13.2 Å². The highest BCUT2D eigenvalue weighted by Gasteiger charge is 2.09. The minimum atomic E-state index is -0.178. The fourth-order valence-corrected chi connectivity index (χ4v) is 2.14. The van der Waals surface area contributed by atoms with Crippen LogP contribution in [-0.2, 0) is 17.9 Å². The number of amides is 1. The van der Waals surface area contributed by atoms with E-state index in [0.29, 0.717) is 30.2 Å².